The van der Waals surface area contributed by atoms with Gasteiger partial charge in [0.15, 0.2) is 0 Å². The maximum Gasteiger partial charge on any atom is 0.326 e. The van der Waals surface area contributed by atoms with Crippen LogP contribution in [0.15, 0.2) is 0 Å². The summed E-state index contributed by atoms with van der Waals surface area (Å²) >= 11 is 0. The van der Waals surface area contributed by atoms with E-state index < -0.39 is 27.8 Å². The van der Waals surface area contributed by atoms with Gasteiger partial charge in [0.25, 0.3) is 0 Å². The predicted octanol–water partition coefficient (Wildman–Crippen LogP) is 0.571. The third-order valence-corrected chi connectivity index (χ3v) is 3.43. The second-order valence-electron chi connectivity index (χ2n) is 4.33. The minimum atomic E-state index is -3.08. The summed E-state index contributed by atoms with van der Waals surface area (Å²) in [5, 5.41) is 11.3. The molecule has 0 fully saturated rings. The molecule has 106 valence electrons. The number of carbonyl (C=O) groups is 2. The zero-order valence-corrected chi connectivity index (χ0v) is 11.6. The van der Waals surface area contributed by atoms with Crippen molar-refractivity contribution in [2.75, 3.05) is 12.0 Å². The Balaban J connectivity index is 4.06. The summed E-state index contributed by atoms with van der Waals surface area (Å²) in [4.78, 5) is 22.3. The van der Waals surface area contributed by atoms with Crippen molar-refractivity contribution in [2.45, 2.75) is 45.1 Å². The van der Waals surface area contributed by atoms with Crippen molar-refractivity contribution in [1.82, 2.24) is 5.32 Å². The van der Waals surface area contributed by atoms with Gasteiger partial charge in [-0.1, -0.05) is 19.8 Å². The van der Waals surface area contributed by atoms with E-state index in [0.717, 1.165) is 19.1 Å². The second-order valence-corrected chi connectivity index (χ2v) is 6.59. The molecule has 0 aliphatic heterocycles. The van der Waals surface area contributed by atoms with Crippen molar-refractivity contribution in [2.24, 2.45) is 0 Å². The molecule has 0 heterocycles. The van der Waals surface area contributed by atoms with Gasteiger partial charge < -0.3 is 10.4 Å². The zero-order chi connectivity index (χ0) is 14.2. The van der Waals surface area contributed by atoms with E-state index in [4.69, 9.17) is 5.11 Å². The first-order valence-electron chi connectivity index (χ1n) is 5.96. The highest BCUT2D eigenvalue weighted by molar-refractivity contribution is 7.90. The van der Waals surface area contributed by atoms with E-state index >= 15 is 0 Å². The standard InChI is InChI=1S/C11H21NO5S/c1-3-4-6-9(11(14)15)12-10(13)7-5-8-18(2,16)17/h9H,3-8H2,1-2H3,(H,12,13)(H,14,15). The van der Waals surface area contributed by atoms with Crippen molar-refractivity contribution in [3.63, 3.8) is 0 Å². The number of nitrogens with one attached hydrogen (secondary N) is 1. The molecule has 6 nitrogen and oxygen atoms in total. The molecule has 0 aromatic rings. The Labute approximate surface area is 108 Å². The maximum absolute atomic E-state index is 11.4. The average Bonchev–Trinajstić information content (AvgIpc) is 2.21. The van der Waals surface area contributed by atoms with Crippen molar-refractivity contribution >= 4 is 21.7 Å². The van der Waals surface area contributed by atoms with Gasteiger partial charge in [0.2, 0.25) is 5.91 Å². The van der Waals surface area contributed by atoms with Gasteiger partial charge in [-0.15, -0.1) is 0 Å². The highest BCUT2D eigenvalue weighted by Gasteiger charge is 2.18. The maximum atomic E-state index is 11.4. The first-order chi connectivity index (χ1) is 8.26. The Morgan fingerprint density at radius 3 is 2.33 bits per heavy atom. The SMILES string of the molecule is CCCCC(NC(=O)CCCS(C)(=O)=O)C(=O)O. The molecule has 0 aromatic heterocycles. The number of hydrogen-bond donors (Lipinski definition) is 2. The third-order valence-electron chi connectivity index (χ3n) is 2.40. The van der Waals surface area contributed by atoms with Gasteiger partial charge in [-0.2, -0.15) is 0 Å². The number of carbonyl (C=O) groups excluding carboxylic acids is 1. The highest BCUT2D eigenvalue weighted by Crippen LogP contribution is 2.02. The highest BCUT2D eigenvalue weighted by atomic mass is 32.2. The van der Waals surface area contributed by atoms with E-state index in [2.05, 4.69) is 5.32 Å². The lowest BCUT2D eigenvalue weighted by Crippen LogP contribution is -2.40. The molecular formula is C11H21NO5S. The molecule has 0 spiro atoms. The van der Waals surface area contributed by atoms with Crippen LogP contribution < -0.4 is 5.32 Å². The minimum absolute atomic E-state index is 0.0307. The fourth-order valence-corrected chi connectivity index (χ4v) is 2.10. The quantitative estimate of drug-likeness (QED) is 0.642. The van der Waals surface area contributed by atoms with E-state index in [1.165, 1.54) is 0 Å². The van der Waals surface area contributed by atoms with Crippen LogP contribution in [0.25, 0.3) is 0 Å². The Morgan fingerprint density at radius 2 is 1.89 bits per heavy atom. The van der Waals surface area contributed by atoms with Crippen LogP contribution in [0.1, 0.15) is 39.0 Å². The van der Waals surface area contributed by atoms with Crippen LogP contribution in [-0.2, 0) is 19.4 Å². The smallest absolute Gasteiger partial charge is 0.326 e. The van der Waals surface area contributed by atoms with Crippen molar-refractivity contribution in [3.05, 3.63) is 0 Å². The van der Waals surface area contributed by atoms with Crippen LogP contribution in [0.4, 0.5) is 0 Å². The monoisotopic (exact) mass is 279 g/mol. The molecule has 0 aliphatic rings. The zero-order valence-electron chi connectivity index (χ0n) is 10.8. The van der Waals surface area contributed by atoms with Crippen LogP contribution in [0.5, 0.6) is 0 Å². The van der Waals surface area contributed by atoms with Gasteiger partial charge in [0, 0.05) is 12.7 Å². The fraction of sp³-hybridized carbons (Fsp3) is 0.818. The van der Waals surface area contributed by atoms with Gasteiger partial charge in [0.1, 0.15) is 15.9 Å². The summed E-state index contributed by atoms with van der Waals surface area (Å²) in [6, 6.07) is -0.879. The van der Waals surface area contributed by atoms with Crippen LogP contribution in [0.3, 0.4) is 0 Å². The molecule has 1 atom stereocenters. The van der Waals surface area contributed by atoms with Crippen LogP contribution in [0, 0.1) is 0 Å². The number of carboxylic acid groups (broad SMARTS) is 1. The second kappa shape index (κ2) is 8.07. The van der Waals surface area contributed by atoms with E-state index in [1.54, 1.807) is 0 Å². The Hall–Kier alpha value is -1.11. The summed E-state index contributed by atoms with van der Waals surface area (Å²) in [7, 11) is -3.08. The van der Waals surface area contributed by atoms with E-state index in [9.17, 15) is 18.0 Å². The molecule has 0 saturated carbocycles. The Bertz CT molecular complexity index is 377. The van der Waals surface area contributed by atoms with Crippen LogP contribution in [-0.4, -0.2) is 43.5 Å². The first-order valence-corrected chi connectivity index (χ1v) is 8.02. The molecule has 0 bridgehead atoms. The largest absolute Gasteiger partial charge is 0.480 e. The number of carboxylic acids is 1. The lowest BCUT2D eigenvalue weighted by molar-refractivity contribution is -0.142. The van der Waals surface area contributed by atoms with Crippen molar-refractivity contribution in [1.29, 1.82) is 0 Å². The number of rotatable bonds is 9. The molecular weight excluding hydrogens is 258 g/mol. The van der Waals surface area contributed by atoms with E-state index in [1.807, 2.05) is 6.92 Å². The van der Waals surface area contributed by atoms with E-state index in [-0.39, 0.29) is 18.6 Å². The summed E-state index contributed by atoms with van der Waals surface area (Å²) < 4.78 is 21.7. The van der Waals surface area contributed by atoms with E-state index in [0.29, 0.717) is 6.42 Å². The number of amides is 1. The Kier molecular flexibility index (Phi) is 7.58. The summed E-state index contributed by atoms with van der Waals surface area (Å²) in [6.45, 7) is 1.94. The topological polar surface area (TPSA) is 101 Å². The van der Waals surface area contributed by atoms with Gasteiger partial charge in [0.05, 0.1) is 5.75 Å². The number of hydrogen-bond acceptors (Lipinski definition) is 4. The molecule has 1 amide bonds. The van der Waals surface area contributed by atoms with Crippen molar-refractivity contribution in [3.8, 4) is 0 Å². The molecule has 1 unspecified atom stereocenters. The lowest BCUT2D eigenvalue weighted by Gasteiger charge is -2.13. The van der Waals surface area contributed by atoms with Gasteiger partial charge in [-0.05, 0) is 12.8 Å². The molecule has 0 radical (unpaired) electrons. The summed E-state index contributed by atoms with van der Waals surface area (Å²) in [5.41, 5.74) is 0. The summed E-state index contributed by atoms with van der Waals surface area (Å²) in [5.74, 6) is -1.53. The number of aliphatic carboxylic acids is 1. The van der Waals surface area contributed by atoms with Gasteiger partial charge in [-0.25, -0.2) is 13.2 Å². The average molecular weight is 279 g/mol. The predicted molar refractivity (Wildman–Crippen MR) is 68.0 cm³/mol. The molecule has 7 heteroatoms. The van der Waals surface area contributed by atoms with Gasteiger partial charge >= 0.3 is 5.97 Å². The third kappa shape index (κ3) is 8.98. The summed E-state index contributed by atoms with van der Waals surface area (Å²) in [6.07, 6.45) is 3.32. The van der Waals surface area contributed by atoms with Crippen LogP contribution in [0.2, 0.25) is 0 Å². The number of unbranched alkanes of at least 4 members (excludes halogenated alkanes) is 1. The molecule has 0 saturated heterocycles. The fourth-order valence-electron chi connectivity index (χ4n) is 1.43. The number of sulfone groups is 1. The minimum Gasteiger partial charge on any atom is -0.480 e. The van der Waals surface area contributed by atoms with Crippen molar-refractivity contribution < 1.29 is 23.1 Å². The first kappa shape index (κ1) is 16.9. The molecule has 2 N–H and O–H groups in total. The molecule has 18 heavy (non-hydrogen) atoms. The molecule has 0 aromatic carbocycles. The van der Waals surface area contributed by atoms with Crippen LogP contribution >= 0.6 is 0 Å². The molecule has 0 aliphatic carbocycles. The van der Waals surface area contributed by atoms with Gasteiger partial charge in [-0.3, -0.25) is 4.79 Å². The molecule has 0 rings (SSSR count). The lowest BCUT2D eigenvalue weighted by atomic mass is 10.1. The normalized spacial score (nSPS) is 13.0. The Morgan fingerprint density at radius 1 is 1.28 bits per heavy atom.